The van der Waals surface area contributed by atoms with Crippen molar-refractivity contribution < 1.29 is 9.84 Å². The van der Waals surface area contributed by atoms with Gasteiger partial charge in [0, 0.05) is 18.1 Å². The third-order valence-corrected chi connectivity index (χ3v) is 4.71. The van der Waals surface area contributed by atoms with Gasteiger partial charge < -0.3 is 20.5 Å². The summed E-state index contributed by atoms with van der Waals surface area (Å²) in [7, 11) is 0. The lowest BCUT2D eigenvalue weighted by Gasteiger charge is -2.42. The topological polar surface area (TPSA) is 115 Å². The Morgan fingerprint density at radius 1 is 1.33 bits per heavy atom. The van der Waals surface area contributed by atoms with Crippen LogP contribution in [0, 0.1) is 0 Å². The molecule has 3 N–H and O–H groups in total. The first-order valence-corrected chi connectivity index (χ1v) is 8.81. The number of aliphatic hydroxyl groups is 1. The van der Waals surface area contributed by atoms with Crippen molar-refractivity contribution in [1.29, 1.82) is 0 Å². The highest BCUT2D eigenvalue weighted by Crippen LogP contribution is 2.33. The van der Waals surface area contributed by atoms with Crippen LogP contribution < -0.4 is 10.6 Å². The van der Waals surface area contributed by atoms with Crippen LogP contribution in [0.4, 0.5) is 5.82 Å². The third kappa shape index (κ3) is 3.14. The van der Waals surface area contributed by atoms with Gasteiger partial charge in [-0.15, -0.1) is 5.10 Å². The molecule has 0 saturated carbocycles. The van der Waals surface area contributed by atoms with Crippen LogP contribution in [0.15, 0.2) is 30.6 Å². The Hall–Kier alpha value is -2.62. The third-order valence-electron chi connectivity index (χ3n) is 4.71. The first-order chi connectivity index (χ1) is 12.8. The lowest BCUT2D eigenvalue weighted by Crippen LogP contribution is -2.61. The molecule has 1 aliphatic rings. The summed E-state index contributed by atoms with van der Waals surface area (Å²) in [5.74, 6) is 1.22. The van der Waals surface area contributed by atoms with E-state index in [2.05, 4.69) is 15.3 Å². The first kappa shape index (κ1) is 17.8. The number of fused-ring (bicyclic) bond motifs is 1. The number of hydrogen-bond donors (Lipinski definition) is 2. The lowest BCUT2D eigenvalue weighted by atomic mass is 9.96. The van der Waals surface area contributed by atoms with E-state index in [1.807, 2.05) is 17.9 Å². The molecular formula is C18H23N7O2. The number of rotatable bonds is 3. The van der Waals surface area contributed by atoms with E-state index in [-0.39, 0.29) is 0 Å². The molecular weight excluding hydrogens is 346 g/mol. The quantitative estimate of drug-likeness (QED) is 0.701. The summed E-state index contributed by atoms with van der Waals surface area (Å²) in [6.45, 7) is 6.96. The number of pyridine rings is 1. The Bertz CT molecular complexity index is 963. The van der Waals surface area contributed by atoms with Gasteiger partial charge in [-0.3, -0.25) is 0 Å². The van der Waals surface area contributed by atoms with Crippen LogP contribution in [0.1, 0.15) is 26.3 Å². The van der Waals surface area contributed by atoms with Crippen LogP contribution in [0.5, 0.6) is 0 Å². The van der Waals surface area contributed by atoms with E-state index < -0.39 is 11.3 Å². The smallest absolute Gasteiger partial charge is 0.178 e. The normalized spacial score (nSPS) is 21.0. The van der Waals surface area contributed by atoms with Crippen LogP contribution in [0.25, 0.3) is 16.9 Å². The summed E-state index contributed by atoms with van der Waals surface area (Å²) >= 11 is 0. The monoisotopic (exact) mass is 369 g/mol. The predicted molar refractivity (Wildman–Crippen MR) is 100 cm³/mol. The summed E-state index contributed by atoms with van der Waals surface area (Å²) in [4.78, 5) is 6.82. The Labute approximate surface area is 156 Å². The minimum atomic E-state index is -1.08. The number of nitrogens with two attached hydrogens (primary N) is 1. The highest BCUT2D eigenvalue weighted by molar-refractivity contribution is 5.83. The number of morpholine rings is 1. The van der Waals surface area contributed by atoms with Crippen LogP contribution in [-0.2, 0) is 10.3 Å². The minimum Gasteiger partial charge on any atom is -0.386 e. The number of nitrogens with zero attached hydrogens (tertiary/aromatic N) is 6. The Kier molecular flexibility index (Phi) is 4.10. The van der Waals surface area contributed by atoms with Crippen molar-refractivity contribution in [2.24, 2.45) is 5.73 Å². The van der Waals surface area contributed by atoms with E-state index in [0.717, 1.165) is 10.9 Å². The number of hydrogen-bond acceptors (Lipinski definition) is 8. The highest BCUT2D eigenvalue weighted by atomic mass is 16.5. The van der Waals surface area contributed by atoms with Crippen molar-refractivity contribution >= 4 is 16.9 Å². The zero-order valence-electron chi connectivity index (χ0n) is 15.6. The molecule has 1 aliphatic heterocycles. The van der Waals surface area contributed by atoms with Crippen LogP contribution in [0.2, 0.25) is 0 Å². The molecule has 0 bridgehead atoms. The number of aromatic nitrogens is 5. The molecule has 0 spiro atoms. The van der Waals surface area contributed by atoms with Crippen LogP contribution in [0.3, 0.4) is 0 Å². The Morgan fingerprint density at radius 3 is 2.81 bits per heavy atom. The molecule has 4 rings (SSSR count). The van der Waals surface area contributed by atoms with E-state index in [4.69, 9.17) is 15.5 Å². The summed E-state index contributed by atoms with van der Waals surface area (Å²) in [6.07, 6.45) is 3.29. The molecule has 1 saturated heterocycles. The fourth-order valence-electron chi connectivity index (χ4n) is 3.35. The van der Waals surface area contributed by atoms with Crippen LogP contribution in [-0.4, -0.2) is 55.5 Å². The van der Waals surface area contributed by atoms with Gasteiger partial charge in [-0.2, -0.15) is 14.9 Å². The fourth-order valence-corrected chi connectivity index (χ4v) is 3.35. The second-order valence-electron chi connectivity index (χ2n) is 7.52. The van der Waals surface area contributed by atoms with Gasteiger partial charge in [-0.05, 0) is 44.5 Å². The van der Waals surface area contributed by atoms with Crippen molar-refractivity contribution in [2.75, 3.05) is 24.7 Å². The molecule has 0 radical (unpaired) electrons. The average Bonchev–Trinajstić information content (AvgIpc) is 3.04. The van der Waals surface area contributed by atoms with Crippen molar-refractivity contribution in [3.05, 3.63) is 36.2 Å². The second kappa shape index (κ2) is 6.22. The number of ether oxygens (including phenoxy) is 1. The molecule has 0 aromatic carbocycles. The molecule has 142 valence electrons. The summed E-state index contributed by atoms with van der Waals surface area (Å²) in [6, 6.07) is 5.47. The maximum atomic E-state index is 10.8. The molecule has 1 atom stereocenters. The molecule has 0 amide bonds. The zero-order chi connectivity index (χ0) is 19.2. The Balaban J connectivity index is 1.95. The minimum absolute atomic E-state index is 0.397. The van der Waals surface area contributed by atoms with Crippen molar-refractivity contribution in [2.45, 2.75) is 32.0 Å². The number of anilines is 1. The van der Waals surface area contributed by atoms with Gasteiger partial charge in [0.05, 0.1) is 25.0 Å². The predicted octanol–water partition coefficient (Wildman–Crippen LogP) is 0.949. The standard InChI is InChI=1S/C18H23N7O2/c1-17(2,26)13-9-15(24-7-8-27-11-18(24,3)19)22-16-12(13)10-21-25(16)14-5-4-6-20-23-14/h4-6,9-10,26H,7-8,11,19H2,1-3H3/t18-/m0/s1. The molecule has 3 aromatic heterocycles. The van der Waals surface area contributed by atoms with Gasteiger partial charge in [0.2, 0.25) is 0 Å². The molecule has 9 nitrogen and oxygen atoms in total. The summed E-state index contributed by atoms with van der Waals surface area (Å²) in [5, 5.41) is 24.0. The molecule has 0 unspecified atom stereocenters. The molecule has 4 heterocycles. The highest BCUT2D eigenvalue weighted by Gasteiger charge is 2.34. The van der Waals surface area contributed by atoms with Crippen molar-refractivity contribution in [1.82, 2.24) is 25.0 Å². The largest absolute Gasteiger partial charge is 0.386 e. The van der Waals surface area contributed by atoms with E-state index in [1.165, 1.54) is 0 Å². The lowest BCUT2D eigenvalue weighted by molar-refractivity contribution is 0.0588. The Morgan fingerprint density at radius 2 is 2.15 bits per heavy atom. The van der Waals surface area contributed by atoms with Gasteiger partial charge >= 0.3 is 0 Å². The average molecular weight is 369 g/mol. The van der Waals surface area contributed by atoms with Crippen molar-refractivity contribution in [3.63, 3.8) is 0 Å². The van der Waals surface area contributed by atoms with Crippen molar-refractivity contribution in [3.8, 4) is 5.82 Å². The zero-order valence-corrected chi connectivity index (χ0v) is 15.6. The SMILES string of the molecule is CC(C)(O)c1cc(N2CCOC[C@@]2(C)N)nc2c1cnn2-c1cccnn1. The fraction of sp³-hybridized carbons (Fsp3) is 0.444. The van der Waals surface area contributed by atoms with E-state index in [0.29, 0.717) is 37.0 Å². The molecule has 0 aliphatic carbocycles. The van der Waals surface area contributed by atoms with Gasteiger partial charge in [0.15, 0.2) is 11.5 Å². The molecule has 27 heavy (non-hydrogen) atoms. The maximum absolute atomic E-state index is 10.8. The summed E-state index contributed by atoms with van der Waals surface area (Å²) < 4.78 is 7.14. The molecule has 9 heteroatoms. The second-order valence-corrected chi connectivity index (χ2v) is 7.52. The van der Waals surface area contributed by atoms with Gasteiger partial charge in [-0.1, -0.05) is 0 Å². The van der Waals surface area contributed by atoms with Gasteiger partial charge in [0.1, 0.15) is 11.5 Å². The molecule has 1 fully saturated rings. The first-order valence-electron chi connectivity index (χ1n) is 8.81. The van der Waals surface area contributed by atoms with Crippen LogP contribution >= 0.6 is 0 Å². The van der Waals surface area contributed by atoms with E-state index >= 15 is 0 Å². The molecule has 3 aromatic rings. The van der Waals surface area contributed by atoms with E-state index in [1.54, 1.807) is 43.1 Å². The maximum Gasteiger partial charge on any atom is 0.178 e. The van der Waals surface area contributed by atoms with Gasteiger partial charge in [0.25, 0.3) is 0 Å². The van der Waals surface area contributed by atoms with E-state index in [9.17, 15) is 5.11 Å². The van der Waals surface area contributed by atoms with Gasteiger partial charge in [-0.25, -0.2) is 4.98 Å². The summed E-state index contributed by atoms with van der Waals surface area (Å²) in [5.41, 5.74) is 5.97.